The van der Waals surface area contributed by atoms with Crippen LogP contribution in [-0.2, 0) is 0 Å². The summed E-state index contributed by atoms with van der Waals surface area (Å²) >= 11 is 0. The fraction of sp³-hybridized carbons (Fsp3) is 0.412. The van der Waals surface area contributed by atoms with Crippen LogP contribution in [0.1, 0.15) is 25.7 Å². The second-order valence-corrected chi connectivity index (χ2v) is 5.99. The van der Waals surface area contributed by atoms with Gasteiger partial charge in [0.15, 0.2) is 0 Å². The SMILES string of the molecule is COc1ccc(OC)c(Nc2ncnc(NC3CCCC3)c2[N+](=O)[O-])c1. The average Bonchev–Trinajstić information content (AvgIpc) is 3.14. The molecule has 0 unspecified atom stereocenters. The van der Waals surface area contributed by atoms with Crippen LogP contribution in [-0.4, -0.2) is 35.2 Å². The first-order valence-electron chi connectivity index (χ1n) is 8.37. The van der Waals surface area contributed by atoms with Crippen molar-refractivity contribution in [1.29, 1.82) is 0 Å². The predicted octanol–water partition coefficient (Wildman–Crippen LogP) is 3.50. The van der Waals surface area contributed by atoms with Crippen LogP contribution in [0, 0.1) is 10.1 Å². The number of hydrogen-bond donors (Lipinski definition) is 2. The number of anilines is 3. The van der Waals surface area contributed by atoms with E-state index in [1.807, 2.05) is 0 Å². The normalized spacial score (nSPS) is 14.1. The minimum Gasteiger partial charge on any atom is -0.497 e. The standard InChI is InChI=1S/C17H21N5O4/c1-25-12-7-8-14(26-2)13(9-12)21-17-15(22(23)24)16(18-10-19-17)20-11-5-3-4-6-11/h7-11H,3-6H2,1-2H3,(H2,18,19,20,21). The zero-order valence-electron chi connectivity index (χ0n) is 14.7. The highest BCUT2D eigenvalue weighted by molar-refractivity contribution is 5.76. The highest BCUT2D eigenvalue weighted by Gasteiger charge is 2.26. The lowest BCUT2D eigenvalue weighted by molar-refractivity contribution is -0.383. The number of nitrogens with zero attached hydrogens (tertiary/aromatic N) is 3. The molecule has 26 heavy (non-hydrogen) atoms. The third kappa shape index (κ3) is 3.76. The van der Waals surface area contributed by atoms with Crippen LogP contribution < -0.4 is 20.1 Å². The summed E-state index contributed by atoms with van der Waals surface area (Å²) in [4.78, 5) is 19.3. The number of rotatable bonds is 7. The Morgan fingerprint density at radius 1 is 1.15 bits per heavy atom. The van der Waals surface area contributed by atoms with Crippen molar-refractivity contribution in [3.8, 4) is 11.5 Å². The molecule has 3 rings (SSSR count). The summed E-state index contributed by atoms with van der Waals surface area (Å²) in [5.41, 5.74) is 0.324. The first-order valence-corrected chi connectivity index (χ1v) is 8.37. The van der Waals surface area contributed by atoms with E-state index >= 15 is 0 Å². The Kier molecular flexibility index (Phi) is 5.35. The molecular formula is C17H21N5O4. The van der Waals surface area contributed by atoms with Gasteiger partial charge >= 0.3 is 5.69 Å². The van der Waals surface area contributed by atoms with Crippen molar-refractivity contribution in [3.05, 3.63) is 34.6 Å². The average molecular weight is 359 g/mol. The maximum atomic E-state index is 11.7. The Labute approximate surface area is 150 Å². The molecule has 0 bridgehead atoms. The number of hydrogen-bond acceptors (Lipinski definition) is 8. The fourth-order valence-electron chi connectivity index (χ4n) is 3.05. The van der Waals surface area contributed by atoms with Gasteiger partial charge in [0.25, 0.3) is 0 Å². The van der Waals surface area contributed by atoms with Crippen molar-refractivity contribution in [3.63, 3.8) is 0 Å². The molecule has 0 radical (unpaired) electrons. The predicted molar refractivity (Wildman–Crippen MR) is 97.4 cm³/mol. The van der Waals surface area contributed by atoms with Crippen molar-refractivity contribution in [2.24, 2.45) is 0 Å². The van der Waals surface area contributed by atoms with Gasteiger partial charge in [0.1, 0.15) is 17.8 Å². The monoisotopic (exact) mass is 359 g/mol. The molecule has 2 aromatic rings. The maximum Gasteiger partial charge on any atom is 0.353 e. The van der Waals surface area contributed by atoms with E-state index < -0.39 is 4.92 Å². The van der Waals surface area contributed by atoms with E-state index in [-0.39, 0.29) is 23.4 Å². The number of nitrogens with one attached hydrogen (secondary N) is 2. The summed E-state index contributed by atoms with van der Waals surface area (Å²) in [6, 6.07) is 5.34. The first kappa shape index (κ1) is 17.7. The lowest BCUT2D eigenvalue weighted by Crippen LogP contribution is -2.17. The molecule has 9 nitrogen and oxygen atoms in total. The van der Waals surface area contributed by atoms with Gasteiger partial charge in [-0.2, -0.15) is 0 Å². The van der Waals surface area contributed by atoms with Gasteiger partial charge in [0.05, 0.1) is 24.8 Å². The van der Waals surface area contributed by atoms with E-state index in [0.29, 0.717) is 17.2 Å². The second-order valence-electron chi connectivity index (χ2n) is 5.99. The highest BCUT2D eigenvalue weighted by atomic mass is 16.6. The molecule has 2 N–H and O–H groups in total. The Bertz CT molecular complexity index is 793. The zero-order chi connectivity index (χ0) is 18.5. The van der Waals surface area contributed by atoms with Crippen LogP contribution >= 0.6 is 0 Å². The van der Waals surface area contributed by atoms with Gasteiger partial charge in [-0.1, -0.05) is 12.8 Å². The molecule has 0 spiro atoms. The summed E-state index contributed by atoms with van der Waals surface area (Å²) in [7, 11) is 3.07. The van der Waals surface area contributed by atoms with Gasteiger partial charge in [0, 0.05) is 12.1 Å². The van der Waals surface area contributed by atoms with E-state index in [1.54, 1.807) is 25.3 Å². The molecule has 1 saturated carbocycles. The Morgan fingerprint density at radius 2 is 1.88 bits per heavy atom. The Balaban J connectivity index is 1.95. The largest absolute Gasteiger partial charge is 0.497 e. The van der Waals surface area contributed by atoms with Crippen molar-refractivity contribution in [2.45, 2.75) is 31.7 Å². The van der Waals surface area contributed by atoms with Crippen LogP contribution in [0.4, 0.5) is 23.0 Å². The highest BCUT2D eigenvalue weighted by Crippen LogP contribution is 2.37. The topological polar surface area (TPSA) is 111 Å². The van der Waals surface area contributed by atoms with Crippen LogP contribution in [0.3, 0.4) is 0 Å². The van der Waals surface area contributed by atoms with E-state index in [1.165, 1.54) is 13.4 Å². The third-order valence-electron chi connectivity index (χ3n) is 4.36. The molecule has 1 aliphatic rings. The molecule has 0 aliphatic heterocycles. The molecule has 1 aromatic heterocycles. The summed E-state index contributed by atoms with van der Waals surface area (Å²) in [6.07, 6.45) is 5.49. The minimum atomic E-state index is -0.480. The molecule has 0 saturated heterocycles. The second kappa shape index (κ2) is 7.85. The maximum absolute atomic E-state index is 11.7. The molecule has 1 heterocycles. The van der Waals surface area contributed by atoms with Crippen LogP contribution in [0.25, 0.3) is 0 Å². The van der Waals surface area contributed by atoms with Crippen LogP contribution in [0.5, 0.6) is 11.5 Å². The van der Waals surface area contributed by atoms with Crippen molar-refractivity contribution < 1.29 is 14.4 Å². The summed E-state index contributed by atoms with van der Waals surface area (Å²) in [5.74, 6) is 1.43. The smallest absolute Gasteiger partial charge is 0.353 e. The number of aromatic nitrogens is 2. The van der Waals surface area contributed by atoms with Gasteiger partial charge < -0.3 is 20.1 Å². The van der Waals surface area contributed by atoms with Gasteiger partial charge in [-0.15, -0.1) is 0 Å². The summed E-state index contributed by atoms with van der Waals surface area (Å²) in [5, 5.41) is 17.8. The van der Waals surface area contributed by atoms with Crippen molar-refractivity contribution >= 4 is 23.0 Å². The lowest BCUT2D eigenvalue weighted by Gasteiger charge is -2.15. The van der Waals surface area contributed by atoms with Crippen molar-refractivity contribution in [1.82, 2.24) is 9.97 Å². The molecule has 138 valence electrons. The quantitative estimate of drug-likeness (QED) is 0.571. The van der Waals surface area contributed by atoms with E-state index in [9.17, 15) is 10.1 Å². The number of methoxy groups -OCH3 is 2. The number of benzene rings is 1. The molecule has 1 fully saturated rings. The zero-order valence-corrected chi connectivity index (χ0v) is 14.7. The third-order valence-corrected chi connectivity index (χ3v) is 4.36. The van der Waals surface area contributed by atoms with E-state index in [4.69, 9.17) is 9.47 Å². The fourth-order valence-corrected chi connectivity index (χ4v) is 3.05. The molecular weight excluding hydrogens is 338 g/mol. The van der Waals surface area contributed by atoms with E-state index in [0.717, 1.165) is 25.7 Å². The lowest BCUT2D eigenvalue weighted by atomic mass is 10.2. The first-order chi connectivity index (χ1) is 12.6. The van der Waals surface area contributed by atoms with Gasteiger partial charge in [-0.3, -0.25) is 10.1 Å². The molecule has 1 aromatic carbocycles. The van der Waals surface area contributed by atoms with E-state index in [2.05, 4.69) is 20.6 Å². The molecule has 0 atom stereocenters. The Hall–Kier alpha value is -3.10. The molecule has 0 amide bonds. The van der Waals surface area contributed by atoms with Gasteiger partial charge in [0.2, 0.25) is 11.6 Å². The molecule has 1 aliphatic carbocycles. The Morgan fingerprint density at radius 3 is 2.54 bits per heavy atom. The summed E-state index contributed by atoms with van der Waals surface area (Å²) in [6.45, 7) is 0. The van der Waals surface area contributed by atoms with Crippen LogP contribution in [0.2, 0.25) is 0 Å². The van der Waals surface area contributed by atoms with Gasteiger partial charge in [-0.05, 0) is 25.0 Å². The summed E-state index contributed by atoms with van der Waals surface area (Å²) < 4.78 is 10.5. The van der Waals surface area contributed by atoms with Crippen LogP contribution in [0.15, 0.2) is 24.5 Å². The molecule has 9 heteroatoms. The van der Waals surface area contributed by atoms with Crippen molar-refractivity contribution in [2.75, 3.05) is 24.9 Å². The number of nitro groups is 1. The minimum absolute atomic E-state index is 0.0945. The number of ether oxygens (including phenoxy) is 2. The van der Waals surface area contributed by atoms with Gasteiger partial charge in [-0.25, -0.2) is 9.97 Å².